The number of aromatic nitrogens is 3. The number of nitrogens with one attached hydrogen (secondary N) is 2. The maximum atomic E-state index is 13.4. The molecule has 0 radical (unpaired) electrons. The van der Waals surface area contributed by atoms with Crippen LogP contribution < -0.4 is 10.1 Å². The number of H-pyrrole nitrogens is 1. The Kier molecular flexibility index (Phi) is 4.85. The van der Waals surface area contributed by atoms with Crippen molar-refractivity contribution in [2.75, 3.05) is 11.9 Å². The molecular formula is C16H12BrFN4O2. The fourth-order valence-corrected chi connectivity index (χ4v) is 2.35. The minimum atomic E-state index is -0.528. The zero-order valence-corrected chi connectivity index (χ0v) is 13.9. The molecule has 0 aliphatic rings. The summed E-state index contributed by atoms with van der Waals surface area (Å²) < 4.78 is 19.4. The van der Waals surface area contributed by atoms with Crippen molar-refractivity contribution in [1.82, 2.24) is 15.2 Å². The fourth-order valence-electron chi connectivity index (χ4n) is 1.95. The van der Waals surface area contributed by atoms with Gasteiger partial charge in [0, 0.05) is 10.0 Å². The molecule has 0 aliphatic carbocycles. The third-order valence-electron chi connectivity index (χ3n) is 3.03. The number of hydrogen-bond acceptors (Lipinski definition) is 4. The van der Waals surface area contributed by atoms with Crippen molar-refractivity contribution in [2.45, 2.75) is 0 Å². The molecule has 1 heterocycles. The lowest BCUT2D eigenvalue weighted by molar-refractivity contribution is -0.118. The third kappa shape index (κ3) is 3.96. The van der Waals surface area contributed by atoms with Crippen LogP contribution in [0.1, 0.15) is 0 Å². The van der Waals surface area contributed by atoms with E-state index in [4.69, 9.17) is 4.74 Å². The topological polar surface area (TPSA) is 79.9 Å². The van der Waals surface area contributed by atoms with Crippen molar-refractivity contribution in [1.29, 1.82) is 0 Å². The highest BCUT2D eigenvalue weighted by Gasteiger charge is 2.11. The van der Waals surface area contributed by atoms with E-state index >= 15 is 0 Å². The smallest absolute Gasteiger partial charge is 0.264 e. The van der Waals surface area contributed by atoms with Crippen LogP contribution in [0.4, 0.5) is 10.3 Å². The number of halogens is 2. The maximum absolute atomic E-state index is 13.4. The summed E-state index contributed by atoms with van der Waals surface area (Å²) in [5, 5.41) is 9.15. The van der Waals surface area contributed by atoms with E-state index in [9.17, 15) is 9.18 Å². The summed E-state index contributed by atoms with van der Waals surface area (Å²) in [7, 11) is 0. The second-order valence-electron chi connectivity index (χ2n) is 4.79. The SMILES string of the molecule is O=C(COc1ccccc1F)Nc1n[nH]c(-c2cccc(Br)c2)n1. The summed E-state index contributed by atoms with van der Waals surface area (Å²) in [4.78, 5) is 16.0. The van der Waals surface area contributed by atoms with Gasteiger partial charge < -0.3 is 4.74 Å². The fraction of sp³-hybridized carbons (Fsp3) is 0.0625. The van der Waals surface area contributed by atoms with E-state index in [1.807, 2.05) is 24.3 Å². The molecule has 0 bridgehead atoms. The van der Waals surface area contributed by atoms with Crippen LogP contribution in [-0.4, -0.2) is 27.7 Å². The van der Waals surface area contributed by atoms with Crippen molar-refractivity contribution in [3.63, 3.8) is 0 Å². The average molecular weight is 391 g/mol. The number of nitrogens with zero attached hydrogens (tertiary/aromatic N) is 2. The molecule has 122 valence electrons. The minimum absolute atomic E-state index is 0.0115. The monoisotopic (exact) mass is 390 g/mol. The van der Waals surface area contributed by atoms with Crippen LogP contribution in [0, 0.1) is 5.82 Å². The van der Waals surface area contributed by atoms with Crippen molar-refractivity contribution >= 4 is 27.8 Å². The van der Waals surface area contributed by atoms with Gasteiger partial charge in [-0.2, -0.15) is 4.98 Å². The second-order valence-corrected chi connectivity index (χ2v) is 5.70. The zero-order valence-electron chi connectivity index (χ0n) is 12.3. The Hall–Kier alpha value is -2.74. The molecule has 24 heavy (non-hydrogen) atoms. The molecule has 3 aromatic rings. The van der Waals surface area contributed by atoms with E-state index < -0.39 is 11.7 Å². The van der Waals surface area contributed by atoms with Crippen LogP contribution in [0.25, 0.3) is 11.4 Å². The van der Waals surface area contributed by atoms with E-state index in [0.717, 1.165) is 10.0 Å². The van der Waals surface area contributed by atoms with Crippen LogP contribution in [0.15, 0.2) is 53.0 Å². The molecule has 8 heteroatoms. The molecule has 6 nitrogen and oxygen atoms in total. The number of anilines is 1. The molecule has 1 amide bonds. The average Bonchev–Trinajstić information content (AvgIpc) is 3.02. The first-order valence-electron chi connectivity index (χ1n) is 6.97. The number of carbonyl (C=O) groups excluding carboxylic acids is 1. The highest BCUT2D eigenvalue weighted by molar-refractivity contribution is 9.10. The van der Waals surface area contributed by atoms with Crippen molar-refractivity contribution in [2.24, 2.45) is 0 Å². The van der Waals surface area contributed by atoms with E-state index in [1.165, 1.54) is 12.1 Å². The lowest BCUT2D eigenvalue weighted by atomic mass is 10.2. The molecule has 2 N–H and O–H groups in total. The first kappa shape index (κ1) is 16.1. The number of amides is 1. The largest absolute Gasteiger partial charge is 0.481 e. The predicted molar refractivity (Wildman–Crippen MR) is 90.0 cm³/mol. The van der Waals surface area contributed by atoms with Crippen LogP contribution in [0.5, 0.6) is 5.75 Å². The van der Waals surface area contributed by atoms with Crippen molar-refractivity contribution in [3.05, 3.63) is 58.8 Å². The molecule has 2 aromatic carbocycles. The first-order chi connectivity index (χ1) is 11.6. The second kappa shape index (κ2) is 7.22. The number of hydrogen-bond donors (Lipinski definition) is 2. The van der Waals surface area contributed by atoms with Gasteiger partial charge in [0.25, 0.3) is 5.91 Å². The Balaban J connectivity index is 1.60. The molecule has 3 rings (SSSR count). The Labute approximate surface area is 145 Å². The van der Waals surface area contributed by atoms with Gasteiger partial charge in [-0.15, -0.1) is 5.10 Å². The van der Waals surface area contributed by atoms with Gasteiger partial charge in [-0.3, -0.25) is 15.2 Å². The molecule has 0 saturated heterocycles. The van der Waals surface area contributed by atoms with Crippen LogP contribution >= 0.6 is 15.9 Å². The number of ether oxygens (including phenoxy) is 1. The van der Waals surface area contributed by atoms with Gasteiger partial charge >= 0.3 is 0 Å². The minimum Gasteiger partial charge on any atom is -0.481 e. The molecule has 0 fully saturated rings. The number of carbonyl (C=O) groups is 1. The van der Waals surface area contributed by atoms with Crippen molar-refractivity contribution in [3.8, 4) is 17.1 Å². The van der Waals surface area contributed by atoms with E-state index in [-0.39, 0.29) is 18.3 Å². The van der Waals surface area contributed by atoms with Crippen LogP contribution in [0.2, 0.25) is 0 Å². The van der Waals surface area contributed by atoms with Gasteiger partial charge in [-0.1, -0.05) is 40.2 Å². The van der Waals surface area contributed by atoms with Crippen molar-refractivity contribution < 1.29 is 13.9 Å². The summed E-state index contributed by atoms with van der Waals surface area (Å²) in [5.74, 6) is -0.371. The Morgan fingerprint density at radius 3 is 2.88 bits per heavy atom. The highest BCUT2D eigenvalue weighted by atomic mass is 79.9. The van der Waals surface area contributed by atoms with E-state index in [1.54, 1.807) is 12.1 Å². The molecule has 0 unspecified atom stereocenters. The first-order valence-corrected chi connectivity index (χ1v) is 7.76. The van der Waals surface area contributed by atoms with E-state index in [0.29, 0.717) is 5.82 Å². The Morgan fingerprint density at radius 1 is 1.25 bits per heavy atom. The van der Waals surface area contributed by atoms with Gasteiger partial charge in [-0.05, 0) is 24.3 Å². The van der Waals surface area contributed by atoms with Crippen LogP contribution in [-0.2, 0) is 4.79 Å². The quantitative estimate of drug-likeness (QED) is 0.699. The third-order valence-corrected chi connectivity index (χ3v) is 3.52. The summed E-state index contributed by atoms with van der Waals surface area (Å²) >= 11 is 3.38. The number of aromatic amines is 1. The number of para-hydroxylation sites is 1. The zero-order chi connectivity index (χ0) is 16.9. The van der Waals surface area contributed by atoms with Gasteiger partial charge in [-0.25, -0.2) is 4.39 Å². The summed E-state index contributed by atoms with van der Waals surface area (Å²) in [6.07, 6.45) is 0. The van der Waals surface area contributed by atoms with Gasteiger partial charge in [0.2, 0.25) is 5.95 Å². The molecular weight excluding hydrogens is 379 g/mol. The molecule has 0 saturated carbocycles. The number of benzene rings is 2. The normalized spacial score (nSPS) is 10.4. The Morgan fingerprint density at radius 2 is 2.08 bits per heavy atom. The lowest BCUT2D eigenvalue weighted by Gasteiger charge is -2.05. The number of rotatable bonds is 5. The summed E-state index contributed by atoms with van der Waals surface area (Å²) in [6.45, 7) is -0.346. The standard InChI is InChI=1S/C16H12BrFN4O2/c17-11-5-3-4-10(8-11)15-20-16(22-21-15)19-14(23)9-24-13-7-2-1-6-12(13)18/h1-8H,9H2,(H2,19,20,21,22,23). The van der Waals surface area contributed by atoms with Gasteiger partial charge in [0.15, 0.2) is 24.0 Å². The predicted octanol–water partition coefficient (Wildman–Crippen LogP) is 3.39. The Bertz CT molecular complexity index is 869. The molecule has 0 spiro atoms. The summed E-state index contributed by atoms with van der Waals surface area (Å²) in [6, 6.07) is 13.3. The van der Waals surface area contributed by atoms with Gasteiger partial charge in [0.1, 0.15) is 0 Å². The van der Waals surface area contributed by atoms with Crippen LogP contribution in [0.3, 0.4) is 0 Å². The molecule has 0 atom stereocenters. The summed E-state index contributed by atoms with van der Waals surface area (Å²) in [5.41, 5.74) is 0.819. The lowest BCUT2D eigenvalue weighted by Crippen LogP contribution is -2.21. The van der Waals surface area contributed by atoms with E-state index in [2.05, 4.69) is 36.4 Å². The maximum Gasteiger partial charge on any atom is 0.264 e. The molecule has 1 aromatic heterocycles. The highest BCUT2D eigenvalue weighted by Crippen LogP contribution is 2.20. The van der Waals surface area contributed by atoms with Gasteiger partial charge in [0.05, 0.1) is 0 Å². The molecule has 0 aliphatic heterocycles.